The number of amides is 1. The SMILES string of the molecule is O=C(NCc1ccc2c(c1)OCO2)c1cc2ccccc2n(-c2cccc(C(F)(F)F)c2)c1=O. The molecule has 172 valence electrons. The first-order valence-corrected chi connectivity index (χ1v) is 10.3. The fourth-order valence-corrected chi connectivity index (χ4v) is 3.83. The van der Waals surface area contributed by atoms with Crippen molar-refractivity contribution in [2.75, 3.05) is 6.79 Å². The van der Waals surface area contributed by atoms with Crippen LogP contribution in [0.1, 0.15) is 21.5 Å². The zero-order valence-electron chi connectivity index (χ0n) is 17.6. The maximum absolute atomic E-state index is 13.3. The first kappa shape index (κ1) is 21.6. The number of nitrogens with zero attached hydrogens (tertiary/aromatic N) is 1. The number of fused-ring (bicyclic) bond motifs is 2. The van der Waals surface area contributed by atoms with Crippen LogP contribution in [0, 0.1) is 0 Å². The minimum atomic E-state index is -4.57. The molecule has 0 atom stereocenters. The normalized spacial score (nSPS) is 12.7. The molecule has 1 aromatic heterocycles. The van der Waals surface area contributed by atoms with Gasteiger partial charge in [0.2, 0.25) is 6.79 Å². The number of carbonyl (C=O) groups excluding carboxylic acids is 1. The first-order valence-electron chi connectivity index (χ1n) is 10.3. The number of aromatic nitrogens is 1. The number of hydrogen-bond acceptors (Lipinski definition) is 4. The van der Waals surface area contributed by atoms with Crippen molar-refractivity contribution in [3.8, 4) is 17.2 Å². The standard InChI is InChI=1S/C25H17F3N2O4/c26-25(27,28)17-5-3-6-18(12-17)30-20-7-2-1-4-16(20)11-19(24(30)32)23(31)29-13-15-8-9-21-22(10-15)34-14-33-21/h1-12H,13-14H2,(H,29,31). The number of alkyl halides is 3. The van der Waals surface area contributed by atoms with Crippen LogP contribution in [-0.4, -0.2) is 17.3 Å². The van der Waals surface area contributed by atoms with E-state index in [9.17, 15) is 22.8 Å². The van der Waals surface area contributed by atoms with E-state index >= 15 is 0 Å². The second kappa shape index (κ2) is 8.26. The Hall–Kier alpha value is -4.27. The fraction of sp³-hybridized carbons (Fsp3) is 0.120. The van der Waals surface area contributed by atoms with Crippen molar-refractivity contribution in [3.63, 3.8) is 0 Å². The quantitative estimate of drug-likeness (QED) is 0.475. The molecule has 1 N–H and O–H groups in total. The molecule has 0 aliphatic carbocycles. The second-order valence-electron chi connectivity index (χ2n) is 7.68. The van der Waals surface area contributed by atoms with Crippen LogP contribution >= 0.6 is 0 Å². The summed E-state index contributed by atoms with van der Waals surface area (Å²) in [5.74, 6) is 0.520. The van der Waals surface area contributed by atoms with E-state index in [1.165, 1.54) is 18.2 Å². The van der Waals surface area contributed by atoms with Crippen LogP contribution in [0.2, 0.25) is 0 Å². The molecular weight excluding hydrogens is 449 g/mol. The van der Waals surface area contributed by atoms with Gasteiger partial charge in [0.25, 0.3) is 11.5 Å². The Bertz CT molecular complexity index is 1480. The second-order valence-corrected chi connectivity index (χ2v) is 7.68. The van der Waals surface area contributed by atoms with Crippen molar-refractivity contribution in [3.05, 3.63) is 99.8 Å². The number of halogens is 3. The highest BCUT2D eigenvalue weighted by Gasteiger charge is 2.31. The molecule has 0 saturated heterocycles. The number of pyridine rings is 1. The van der Waals surface area contributed by atoms with Gasteiger partial charge in [-0.3, -0.25) is 14.2 Å². The fourth-order valence-electron chi connectivity index (χ4n) is 3.83. The number of rotatable bonds is 4. The summed E-state index contributed by atoms with van der Waals surface area (Å²) >= 11 is 0. The van der Waals surface area contributed by atoms with Crippen molar-refractivity contribution < 1.29 is 27.4 Å². The van der Waals surface area contributed by atoms with E-state index in [0.29, 0.717) is 22.4 Å². The Kier molecular flexibility index (Phi) is 5.24. The molecule has 0 bridgehead atoms. The molecule has 1 aliphatic heterocycles. The Labute approximate surface area is 191 Å². The molecule has 0 fully saturated rings. The zero-order chi connectivity index (χ0) is 23.9. The van der Waals surface area contributed by atoms with Crippen molar-refractivity contribution in [2.45, 2.75) is 12.7 Å². The molecule has 0 saturated carbocycles. The average Bonchev–Trinajstić information content (AvgIpc) is 3.29. The Balaban J connectivity index is 1.53. The third-order valence-electron chi connectivity index (χ3n) is 5.48. The van der Waals surface area contributed by atoms with Gasteiger partial charge in [-0.2, -0.15) is 13.2 Å². The molecule has 4 aromatic rings. The molecular formula is C25H17F3N2O4. The molecule has 3 aromatic carbocycles. The van der Waals surface area contributed by atoms with Crippen molar-refractivity contribution in [1.29, 1.82) is 0 Å². The number of carbonyl (C=O) groups is 1. The molecule has 9 heteroatoms. The number of para-hydroxylation sites is 1. The highest BCUT2D eigenvalue weighted by atomic mass is 19.4. The largest absolute Gasteiger partial charge is 0.454 e. The third-order valence-corrected chi connectivity index (χ3v) is 5.48. The topological polar surface area (TPSA) is 69.6 Å². The number of hydrogen-bond donors (Lipinski definition) is 1. The predicted octanol–water partition coefficient (Wildman–Crippen LogP) is 4.67. The summed E-state index contributed by atoms with van der Waals surface area (Å²) in [4.78, 5) is 26.3. The smallest absolute Gasteiger partial charge is 0.416 e. The van der Waals surface area contributed by atoms with Crippen LogP contribution in [0.3, 0.4) is 0 Å². The Morgan fingerprint density at radius 3 is 2.56 bits per heavy atom. The summed E-state index contributed by atoms with van der Waals surface area (Å²) in [6.07, 6.45) is -4.57. The van der Waals surface area contributed by atoms with Crippen LogP contribution < -0.4 is 20.3 Å². The first-order chi connectivity index (χ1) is 16.3. The van der Waals surface area contributed by atoms with Gasteiger partial charge in [-0.1, -0.05) is 30.3 Å². The Morgan fingerprint density at radius 1 is 0.941 bits per heavy atom. The molecule has 2 heterocycles. The van der Waals surface area contributed by atoms with Gasteiger partial charge in [0, 0.05) is 12.2 Å². The summed E-state index contributed by atoms with van der Waals surface area (Å²) in [5, 5.41) is 3.23. The molecule has 1 amide bonds. The number of ether oxygens (including phenoxy) is 2. The van der Waals surface area contributed by atoms with E-state index in [4.69, 9.17) is 9.47 Å². The van der Waals surface area contributed by atoms with Gasteiger partial charge < -0.3 is 14.8 Å². The maximum atomic E-state index is 13.3. The highest BCUT2D eigenvalue weighted by Crippen LogP contribution is 2.33. The van der Waals surface area contributed by atoms with Gasteiger partial charge in [0.05, 0.1) is 11.1 Å². The molecule has 0 spiro atoms. The summed E-state index contributed by atoms with van der Waals surface area (Å²) in [6.45, 7) is 0.239. The Morgan fingerprint density at radius 2 is 1.74 bits per heavy atom. The van der Waals surface area contributed by atoms with Crippen molar-refractivity contribution in [2.24, 2.45) is 0 Å². The lowest BCUT2D eigenvalue weighted by Crippen LogP contribution is -2.32. The lowest BCUT2D eigenvalue weighted by Gasteiger charge is -2.15. The average molecular weight is 466 g/mol. The lowest BCUT2D eigenvalue weighted by atomic mass is 10.1. The molecule has 5 rings (SSSR count). The summed E-state index contributed by atoms with van der Waals surface area (Å²) in [5.41, 5.74) is -0.658. The third kappa shape index (κ3) is 3.96. The monoisotopic (exact) mass is 466 g/mol. The van der Waals surface area contributed by atoms with E-state index in [1.807, 2.05) is 0 Å². The van der Waals surface area contributed by atoms with Gasteiger partial charge in [0.15, 0.2) is 11.5 Å². The van der Waals surface area contributed by atoms with Crippen LogP contribution in [0.25, 0.3) is 16.6 Å². The number of benzene rings is 3. The minimum absolute atomic E-state index is 0.0152. The molecule has 1 aliphatic rings. The van der Waals surface area contributed by atoms with Crippen LogP contribution in [0.5, 0.6) is 11.5 Å². The van der Waals surface area contributed by atoms with E-state index < -0.39 is 23.2 Å². The van der Waals surface area contributed by atoms with Crippen LogP contribution in [-0.2, 0) is 12.7 Å². The van der Waals surface area contributed by atoms with E-state index in [2.05, 4.69) is 5.32 Å². The van der Waals surface area contributed by atoms with E-state index in [0.717, 1.165) is 22.3 Å². The maximum Gasteiger partial charge on any atom is 0.416 e. The molecule has 0 radical (unpaired) electrons. The van der Waals surface area contributed by atoms with Crippen molar-refractivity contribution >= 4 is 16.8 Å². The molecule has 0 unspecified atom stereocenters. The summed E-state index contributed by atoms with van der Waals surface area (Å²) in [7, 11) is 0. The van der Waals surface area contributed by atoms with Gasteiger partial charge in [-0.25, -0.2) is 0 Å². The van der Waals surface area contributed by atoms with Gasteiger partial charge >= 0.3 is 6.18 Å². The highest BCUT2D eigenvalue weighted by molar-refractivity contribution is 5.97. The van der Waals surface area contributed by atoms with Crippen LogP contribution in [0.4, 0.5) is 13.2 Å². The van der Waals surface area contributed by atoms with Gasteiger partial charge in [-0.15, -0.1) is 0 Å². The van der Waals surface area contributed by atoms with Gasteiger partial charge in [-0.05, 0) is 53.4 Å². The molecule has 34 heavy (non-hydrogen) atoms. The van der Waals surface area contributed by atoms with Gasteiger partial charge in [0.1, 0.15) is 5.56 Å². The predicted molar refractivity (Wildman–Crippen MR) is 118 cm³/mol. The summed E-state index contributed by atoms with van der Waals surface area (Å²) < 4.78 is 51.6. The zero-order valence-corrected chi connectivity index (χ0v) is 17.6. The van der Waals surface area contributed by atoms with E-state index in [1.54, 1.807) is 42.5 Å². The molecule has 6 nitrogen and oxygen atoms in total. The van der Waals surface area contributed by atoms with Crippen molar-refractivity contribution in [1.82, 2.24) is 9.88 Å². The van der Waals surface area contributed by atoms with Crippen LogP contribution in [0.15, 0.2) is 77.6 Å². The van der Waals surface area contributed by atoms with E-state index in [-0.39, 0.29) is 24.6 Å². The minimum Gasteiger partial charge on any atom is -0.454 e. The number of nitrogens with one attached hydrogen (secondary N) is 1. The lowest BCUT2D eigenvalue weighted by molar-refractivity contribution is -0.137. The summed E-state index contributed by atoms with van der Waals surface area (Å²) in [6, 6.07) is 17.8.